The highest BCUT2D eigenvalue weighted by molar-refractivity contribution is 7.99. The van der Waals surface area contributed by atoms with E-state index in [4.69, 9.17) is 5.11 Å². The van der Waals surface area contributed by atoms with Gasteiger partial charge in [0.1, 0.15) is 5.75 Å². The lowest BCUT2D eigenvalue weighted by atomic mass is 10.2. The number of benzene rings is 2. The molecule has 2 rings (SSSR count). The molecule has 0 heterocycles. The smallest absolute Gasteiger partial charge is 0.115 e. The summed E-state index contributed by atoms with van der Waals surface area (Å²) in [6.07, 6.45) is 0. The van der Waals surface area contributed by atoms with Gasteiger partial charge in [0.2, 0.25) is 0 Å². The molecule has 0 radical (unpaired) electrons. The molecule has 102 valence electrons. The van der Waals surface area contributed by atoms with Crippen LogP contribution >= 0.6 is 11.8 Å². The van der Waals surface area contributed by atoms with Crippen LogP contribution < -0.4 is 0 Å². The Balaban J connectivity index is 0.000000399. The molecule has 0 aliphatic rings. The fourth-order valence-corrected chi connectivity index (χ4v) is 2.07. The van der Waals surface area contributed by atoms with E-state index in [9.17, 15) is 0 Å². The lowest BCUT2D eigenvalue weighted by molar-refractivity contribution is 0.475. The van der Waals surface area contributed by atoms with Gasteiger partial charge in [-0.1, -0.05) is 50.2 Å². The molecule has 0 unspecified atom stereocenters. The highest BCUT2D eigenvalue weighted by Gasteiger charge is 1.96. The van der Waals surface area contributed by atoms with Crippen molar-refractivity contribution in [1.29, 1.82) is 0 Å². The summed E-state index contributed by atoms with van der Waals surface area (Å²) in [5.41, 5.74) is 1.27. The molecule has 1 nitrogen and oxygen atoms in total. The monoisotopic (exact) mass is 274 g/mol. The first-order valence-electron chi connectivity index (χ1n) is 6.51. The Kier molecular flexibility index (Phi) is 6.51. The molecule has 0 aliphatic heterocycles. The number of phenolic OH excluding ortho intramolecular Hbond substituents is 1. The van der Waals surface area contributed by atoms with Crippen LogP contribution in [0.3, 0.4) is 0 Å². The average Bonchev–Trinajstić information content (AvgIpc) is 2.34. The molecule has 0 saturated heterocycles. The van der Waals surface area contributed by atoms with Crippen LogP contribution in [0.25, 0.3) is 0 Å². The molecule has 0 bridgehead atoms. The highest BCUT2D eigenvalue weighted by Crippen LogP contribution is 2.28. The minimum atomic E-state index is 0.309. The van der Waals surface area contributed by atoms with Gasteiger partial charge >= 0.3 is 0 Å². The third kappa shape index (κ3) is 6.92. The quantitative estimate of drug-likeness (QED) is 0.778. The van der Waals surface area contributed by atoms with Crippen LogP contribution in [-0.2, 0) is 0 Å². The van der Waals surface area contributed by atoms with Crippen molar-refractivity contribution in [2.24, 2.45) is 5.92 Å². The van der Waals surface area contributed by atoms with Crippen molar-refractivity contribution in [3.8, 4) is 5.75 Å². The Morgan fingerprint density at radius 1 is 0.789 bits per heavy atom. The van der Waals surface area contributed by atoms with Crippen molar-refractivity contribution in [2.75, 3.05) is 0 Å². The van der Waals surface area contributed by atoms with Gasteiger partial charge in [-0.3, -0.25) is 0 Å². The molecule has 19 heavy (non-hydrogen) atoms. The molecule has 2 heteroatoms. The molecule has 0 amide bonds. The molecule has 0 saturated carbocycles. The fraction of sp³-hybridized carbons (Fsp3) is 0.294. The van der Waals surface area contributed by atoms with Gasteiger partial charge in [0.15, 0.2) is 0 Å². The van der Waals surface area contributed by atoms with Gasteiger partial charge in [-0.2, -0.15) is 0 Å². The van der Waals surface area contributed by atoms with Crippen molar-refractivity contribution in [3.63, 3.8) is 0 Å². The summed E-state index contributed by atoms with van der Waals surface area (Å²) in [6, 6.07) is 15.7. The van der Waals surface area contributed by atoms with Crippen molar-refractivity contribution in [1.82, 2.24) is 0 Å². The zero-order valence-electron chi connectivity index (χ0n) is 12.1. The summed E-state index contributed by atoms with van der Waals surface area (Å²) >= 11 is 1.69. The molecular formula is C17H22OS. The van der Waals surface area contributed by atoms with Gasteiger partial charge in [0.25, 0.3) is 0 Å². The number of rotatable bonds is 2. The second kappa shape index (κ2) is 7.90. The van der Waals surface area contributed by atoms with Crippen LogP contribution in [0.1, 0.15) is 26.3 Å². The predicted octanol–water partition coefficient (Wildman–Crippen LogP) is 5.51. The Hall–Kier alpha value is -1.41. The molecule has 2 aromatic rings. The standard InChI is InChI=1S/C13H12OS.C4H10/c1-10-2-6-12(7-3-10)15-13-8-4-11(14)5-9-13;1-4(2)3/h2-9,14H,1H3;4H,1-3H3. The highest BCUT2D eigenvalue weighted by atomic mass is 32.2. The van der Waals surface area contributed by atoms with Crippen molar-refractivity contribution >= 4 is 11.8 Å². The van der Waals surface area contributed by atoms with Crippen molar-refractivity contribution < 1.29 is 5.11 Å². The van der Waals surface area contributed by atoms with Crippen molar-refractivity contribution in [2.45, 2.75) is 37.5 Å². The van der Waals surface area contributed by atoms with Gasteiger partial charge in [0, 0.05) is 9.79 Å². The van der Waals surface area contributed by atoms with Gasteiger partial charge < -0.3 is 5.11 Å². The summed E-state index contributed by atoms with van der Waals surface area (Å²) in [6.45, 7) is 8.58. The average molecular weight is 274 g/mol. The zero-order chi connectivity index (χ0) is 14.3. The molecule has 0 atom stereocenters. The molecule has 0 aromatic heterocycles. The van der Waals surface area contributed by atoms with E-state index in [1.807, 2.05) is 12.1 Å². The number of phenols is 1. The Morgan fingerprint density at radius 3 is 1.58 bits per heavy atom. The van der Waals surface area contributed by atoms with E-state index in [1.165, 1.54) is 10.5 Å². The van der Waals surface area contributed by atoms with Crippen LogP contribution in [0, 0.1) is 12.8 Å². The predicted molar refractivity (Wildman–Crippen MR) is 83.9 cm³/mol. The number of aryl methyl sites for hydroxylation is 1. The largest absolute Gasteiger partial charge is 0.508 e. The van der Waals surface area contributed by atoms with Gasteiger partial charge in [-0.15, -0.1) is 0 Å². The van der Waals surface area contributed by atoms with Gasteiger partial charge in [-0.05, 0) is 49.2 Å². The number of aromatic hydroxyl groups is 1. The number of hydrogen-bond donors (Lipinski definition) is 1. The summed E-state index contributed by atoms with van der Waals surface area (Å²) in [5.74, 6) is 1.14. The van der Waals surface area contributed by atoms with E-state index in [1.54, 1.807) is 23.9 Å². The van der Waals surface area contributed by atoms with Crippen LogP contribution in [0.15, 0.2) is 58.3 Å². The lowest BCUT2D eigenvalue weighted by Crippen LogP contribution is -1.74. The minimum absolute atomic E-state index is 0.309. The first-order valence-corrected chi connectivity index (χ1v) is 7.32. The maximum Gasteiger partial charge on any atom is 0.115 e. The second-order valence-electron chi connectivity index (χ2n) is 5.14. The SMILES string of the molecule is CC(C)C.Cc1ccc(Sc2ccc(O)cc2)cc1. The second-order valence-corrected chi connectivity index (χ2v) is 6.29. The van der Waals surface area contributed by atoms with Gasteiger partial charge in [-0.25, -0.2) is 0 Å². The third-order valence-corrected chi connectivity index (χ3v) is 3.11. The first kappa shape index (κ1) is 15.6. The summed E-state index contributed by atoms with van der Waals surface area (Å²) in [7, 11) is 0. The fourth-order valence-electron chi connectivity index (χ4n) is 1.26. The molecular weight excluding hydrogens is 252 g/mol. The van der Waals surface area contributed by atoms with E-state index < -0.39 is 0 Å². The van der Waals surface area contributed by atoms with Crippen molar-refractivity contribution in [3.05, 3.63) is 54.1 Å². The molecule has 0 aliphatic carbocycles. The first-order chi connectivity index (χ1) is 8.97. The maximum atomic E-state index is 9.15. The van der Waals surface area contributed by atoms with Gasteiger partial charge in [0.05, 0.1) is 0 Å². The minimum Gasteiger partial charge on any atom is -0.508 e. The van der Waals surface area contributed by atoms with E-state index in [0.717, 1.165) is 10.8 Å². The summed E-state index contributed by atoms with van der Waals surface area (Å²) in [5, 5.41) is 9.15. The Labute approximate surface area is 120 Å². The normalized spacial score (nSPS) is 9.95. The third-order valence-electron chi connectivity index (χ3n) is 2.09. The molecule has 0 spiro atoms. The number of hydrogen-bond acceptors (Lipinski definition) is 2. The van der Waals surface area contributed by atoms with E-state index >= 15 is 0 Å². The molecule has 2 aromatic carbocycles. The summed E-state index contributed by atoms with van der Waals surface area (Å²) < 4.78 is 0. The topological polar surface area (TPSA) is 20.2 Å². The Morgan fingerprint density at radius 2 is 1.16 bits per heavy atom. The van der Waals surface area contributed by atoms with E-state index in [-0.39, 0.29) is 0 Å². The van der Waals surface area contributed by atoms with E-state index in [2.05, 4.69) is 52.0 Å². The Bertz CT molecular complexity index is 425. The summed E-state index contributed by atoms with van der Waals surface area (Å²) in [4.78, 5) is 2.35. The lowest BCUT2D eigenvalue weighted by Gasteiger charge is -2.02. The van der Waals surface area contributed by atoms with Crippen LogP contribution in [0.5, 0.6) is 5.75 Å². The van der Waals surface area contributed by atoms with E-state index in [0.29, 0.717) is 5.75 Å². The molecule has 1 N–H and O–H groups in total. The molecule has 0 fully saturated rings. The van der Waals surface area contributed by atoms with Crippen LogP contribution in [0.4, 0.5) is 0 Å². The van der Waals surface area contributed by atoms with Crippen LogP contribution in [0.2, 0.25) is 0 Å². The van der Waals surface area contributed by atoms with Crippen LogP contribution in [-0.4, -0.2) is 5.11 Å². The maximum absolute atomic E-state index is 9.15. The zero-order valence-corrected chi connectivity index (χ0v) is 12.9.